The Balaban J connectivity index is 1.88. The highest BCUT2D eigenvalue weighted by Crippen LogP contribution is 2.14. The molecule has 0 aliphatic heterocycles. The van der Waals surface area contributed by atoms with E-state index in [-0.39, 0.29) is 0 Å². The van der Waals surface area contributed by atoms with Crippen LogP contribution in [-0.2, 0) is 7.05 Å². The zero-order valence-electron chi connectivity index (χ0n) is 16.4. The molecule has 1 heterocycles. The predicted molar refractivity (Wildman–Crippen MR) is 107 cm³/mol. The van der Waals surface area contributed by atoms with Gasteiger partial charge in [-0.25, -0.2) is 4.79 Å². The van der Waals surface area contributed by atoms with Crippen molar-refractivity contribution in [2.24, 2.45) is 7.05 Å². The number of hydrogen-bond acceptors (Lipinski definition) is 2. The minimum atomic E-state index is -0.878. The molecular formula is C21H38N2O2. The Morgan fingerprint density at radius 1 is 0.920 bits per heavy atom. The number of aromatic nitrogens is 1. The van der Waals surface area contributed by atoms with Crippen LogP contribution >= 0.6 is 0 Å². The van der Waals surface area contributed by atoms with E-state index in [0.29, 0.717) is 5.69 Å². The van der Waals surface area contributed by atoms with Gasteiger partial charge < -0.3 is 15.0 Å². The first-order chi connectivity index (χ1) is 12.1. The van der Waals surface area contributed by atoms with Gasteiger partial charge in [0.15, 0.2) is 0 Å². The van der Waals surface area contributed by atoms with Gasteiger partial charge in [-0.2, -0.15) is 0 Å². The van der Waals surface area contributed by atoms with Crippen LogP contribution in [0.1, 0.15) is 101 Å². The molecule has 1 rings (SSSR count). The SMILES string of the molecule is CCCCCCCCCCCCCCCNc1cc(C(=O)O)n(C)c1. The molecule has 1 aromatic heterocycles. The molecule has 2 N–H and O–H groups in total. The zero-order valence-corrected chi connectivity index (χ0v) is 16.4. The average molecular weight is 351 g/mol. The second-order valence-electron chi connectivity index (χ2n) is 7.20. The van der Waals surface area contributed by atoms with Crippen molar-refractivity contribution in [3.63, 3.8) is 0 Å². The molecule has 0 saturated heterocycles. The van der Waals surface area contributed by atoms with Gasteiger partial charge in [0.1, 0.15) is 5.69 Å². The molecule has 0 radical (unpaired) electrons. The van der Waals surface area contributed by atoms with Crippen LogP contribution < -0.4 is 5.32 Å². The number of nitrogens with one attached hydrogen (secondary N) is 1. The Bertz CT molecular complexity index is 468. The van der Waals surface area contributed by atoms with Crippen LogP contribution in [0.3, 0.4) is 0 Å². The summed E-state index contributed by atoms with van der Waals surface area (Å²) in [5, 5.41) is 12.3. The second kappa shape index (κ2) is 13.8. The Morgan fingerprint density at radius 2 is 1.40 bits per heavy atom. The van der Waals surface area contributed by atoms with E-state index in [1.807, 2.05) is 6.20 Å². The molecule has 144 valence electrons. The van der Waals surface area contributed by atoms with Crippen molar-refractivity contribution in [1.29, 1.82) is 0 Å². The van der Waals surface area contributed by atoms with Gasteiger partial charge >= 0.3 is 5.97 Å². The standard InChI is InChI=1S/C21H38N2O2/c1-3-4-5-6-7-8-9-10-11-12-13-14-15-16-22-19-17-20(21(24)25)23(2)18-19/h17-18,22H,3-16H2,1-2H3,(H,24,25). The third-order valence-corrected chi connectivity index (χ3v) is 4.83. The lowest BCUT2D eigenvalue weighted by Gasteiger charge is -2.04. The van der Waals surface area contributed by atoms with Crippen LogP contribution in [0.2, 0.25) is 0 Å². The monoisotopic (exact) mass is 350 g/mol. The molecule has 0 saturated carbocycles. The van der Waals surface area contributed by atoms with Crippen LogP contribution in [0.15, 0.2) is 12.3 Å². The molecule has 25 heavy (non-hydrogen) atoms. The van der Waals surface area contributed by atoms with Crippen LogP contribution in [-0.4, -0.2) is 22.2 Å². The Morgan fingerprint density at radius 3 is 1.84 bits per heavy atom. The summed E-state index contributed by atoms with van der Waals surface area (Å²) in [5.74, 6) is -0.878. The van der Waals surface area contributed by atoms with Crippen LogP contribution in [0.4, 0.5) is 5.69 Å². The highest BCUT2D eigenvalue weighted by Gasteiger charge is 2.09. The first kappa shape index (κ1) is 21.6. The summed E-state index contributed by atoms with van der Waals surface area (Å²) in [6.07, 6.45) is 19.5. The maximum absolute atomic E-state index is 11.0. The van der Waals surface area contributed by atoms with Gasteiger partial charge in [0.2, 0.25) is 0 Å². The van der Waals surface area contributed by atoms with Crippen molar-refractivity contribution in [3.8, 4) is 0 Å². The molecule has 0 unspecified atom stereocenters. The van der Waals surface area contributed by atoms with Gasteiger partial charge in [-0.1, -0.05) is 84.0 Å². The van der Waals surface area contributed by atoms with Gasteiger partial charge in [-0.15, -0.1) is 0 Å². The molecule has 4 heteroatoms. The zero-order chi connectivity index (χ0) is 18.3. The van der Waals surface area contributed by atoms with Crippen LogP contribution in [0.25, 0.3) is 0 Å². The molecule has 0 spiro atoms. The number of nitrogens with zero attached hydrogens (tertiary/aromatic N) is 1. The Labute approximate surface area is 154 Å². The molecule has 0 aromatic carbocycles. The largest absolute Gasteiger partial charge is 0.477 e. The van der Waals surface area contributed by atoms with Crippen LogP contribution in [0, 0.1) is 0 Å². The van der Waals surface area contributed by atoms with Gasteiger partial charge in [0.25, 0.3) is 0 Å². The van der Waals surface area contributed by atoms with Gasteiger partial charge in [-0.05, 0) is 12.5 Å². The van der Waals surface area contributed by atoms with E-state index in [2.05, 4.69) is 12.2 Å². The van der Waals surface area contributed by atoms with Crippen molar-refractivity contribution in [3.05, 3.63) is 18.0 Å². The van der Waals surface area contributed by atoms with Crippen molar-refractivity contribution >= 4 is 11.7 Å². The van der Waals surface area contributed by atoms with Gasteiger partial charge in [-0.3, -0.25) is 0 Å². The highest BCUT2D eigenvalue weighted by molar-refractivity contribution is 5.87. The summed E-state index contributed by atoms with van der Waals surface area (Å²) in [6.45, 7) is 3.19. The normalized spacial score (nSPS) is 11.0. The fourth-order valence-electron chi connectivity index (χ4n) is 3.25. The van der Waals surface area contributed by atoms with E-state index in [9.17, 15) is 4.79 Å². The van der Waals surface area contributed by atoms with Gasteiger partial charge in [0, 0.05) is 19.8 Å². The smallest absolute Gasteiger partial charge is 0.352 e. The lowest BCUT2D eigenvalue weighted by Crippen LogP contribution is -2.02. The highest BCUT2D eigenvalue weighted by atomic mass is 16.4. The summed E-state index contributed by atoms with van der Waals surface area (Å²) in [7, 11) is 1.76. The van der Waals surface area contributed by atoms with Crippen molar-refractivity contribution in [2.75, 3.05) is 11.9 Å². The lowest BCUT2D eigenvalue weighted by molar-refractivity contribution is 0.0686. The van der Waals surface area contributed by atoms with E-state index in [0.717, 1.165) is 18.7 Å². The molecule has 0 bridgehead atoms. The third kappa shape index (κ3) is 10.2. The second-order valence-corrected chi connectivity index (χ2v) is 7.20. The maximum Gasteiger partial charge on any atom is 0.352 e. The van der Waals surface area contributed by atoms with E-state index in [4.69, 9.17) is 5.11 Å². The maximum atomic E-state index is 11.0. The molecule has 0 fully saturated rings. The number of carboxylic acid groups (broad SMARTS) is 1. The lowest BCUT2D eigenvalue weighted by atomic mass is 10.0. The van der Waals surface area contributed by atoms with E-state index in [1.165, 1.54) is 77.0 Å². The molecule has 0 aliphatic carbocycles. The summed E-state index contributed by atoms with van der Waals surface area (Å²) < 4.78 is 1.65. The quantitative estimate of drug-likeness (QED) is 0.348. The van der Waals surface area contributed by atoms with Crippen molar-refractivity contribution < 1.29 is 9.90 Å². The number of carbonyl (C=O) groups is 1. The number of hydrogen-bond donors (Lipinski definition) is 2. The molecule has 1 aromatic rings. The Kier molecular flexibility index (Phi) is 11.9. The molecule has 0 amide bonds. The first-order valence-electron chi connectivity index (χ1n) is 10.3. The van der Waals surface area contributed by atoms with E-state index < -0.39 is 5.97 Å². The summed E-state index contributed by atoms with van der Waals surface area (Å²) in [6, 6.07) is 1.70. The fraction of sp³-hybridized carbons (Fsp3) is 0.762. The molecule has 0 atom stereocenters. The average Bonchev–Trinajstić information content (AvgIpc) is 2.96. The number of aromatic carboxylic acids is 1. The third-order valence-electron chi connectivity index (χ3n) is 4.83. The van der Waals surface area contributed by atoms with Gasteiger partial charge in [0.05, 0.1) is 5.69 Å². The fourth-order valence-corrected chi connectivity index (χ4v) is 3.25. The molecule has 4 nitrogen and oxygen atoms in total. The number of aryl methyl sites for hydroxylation is 1. The Hall–Kier alpha value is -1.45. The summed E-state index contributed by atoms with van der Waals surface area (Å²) in [4.78, 5) is 11.0. The minimum absolute atomic E-state index is 0.327. The van der Waals surface area contributed by atoms with Crippen molar-refractivity contribution in [2.45, 2.75) is 90.4 Å². The number of rotatable bonds is 16. The summed E-state index contributed by atoms with van der Waals surface area (Å²) >= 11 is 0. The minimum Gasteiger partial charge on any atom is -0.477 e. The van der Waals surface area contributed by atoms with Crippen molar-refractivity contribution in [1.82, 2.24) is 4.57 Å². The number of anilines is 1. The first-order valence-corrected chi connectivity index (χ1v) is 10.3. The number of unbranched alkanes of at least 4 members (excludes halogenated alkanes) is 12. The predicted octanol–water partition coefficient (Wildman–Crippen LogP) is 6.23. The summed E-state index contributed by atoms with van der Waals surface area (Å²) in [5.41, 5.74) is 1.23. The van der Waals surface area contributed by atoms with E-state index >= 15 is 0 Å². The van der Waals surface area contributed by atoms with E-state index in [1.54, 1.807) is 17.7 Å². The number of carboxylic acids is 1. The molecular weight excluding hydrogens is 312 g/mol. The van der Waals surface area contributed by atoms with Crippen LogP contribution in [0.5, 0.6) is 0 Å². The molecule has 0 aliphatic rings. The topological polar surface area (TPSA) is 54.3 Å².